The first-order valence-electron chi connectivity index (χ1n) is 6.31. The molecule has 94 valence electrons. The molecule has 0 spiro atoms. The van der Waals surface area contributed by atoms with E-state index in [4.69, 9.17) is 0 Å². The Balaban J connectivity index is 1.84. The van der Waals surface area contributed by atoms with E-state index in [2.05, 4.69) is 36.5 Å². The molecule has 0 heterocycles. The van der Waals surface area contributed by atoms with Crippen LogP contribution >= 0.6 is 0 Å². The highest BCUT2D eigenvalue weighted by atomic mass is 19.1. The van der Waals surface area contributed by atoms with Gasteiger partial charge in [-0.15, -0.1) is 0 Å². The van der Waals surface area contributed by atoms with Crippen LogP contribution in [0.15, 0.2) is 48.5 Å². The van der Waals surface area contributed by atoms with E-state index in [0.29, 0.717) is 6.54 Å². The molecule has 2 aromatic rings. The molecule has 0 atom stereocenters. The van der Waals surface area contributed by atoms with Crippen molar-refractivity contribution in [2.45, 2.75) is 26.4 Å². The third-order valence-corrected chi connectivity index (χ3v) is 2.98. The predicted molar refractivity (Wildman–Crippen MR) is 72.8 cm³/mol. The lowest BCUT2D eigenvalue weighted by Gasteiger charge is -2.06. The van der Waals surface area contributed by atoms with Gasteiger partial charge in [0.15, 0.2) is 0 Å². The average Bonchev–Trinajstić information content (AvgIpc) is 2.40. The Bertz CT molecular complexity index is 491. The van der Waals surface area contributed by atoms with E-state index >= 15 is 0 Å². The number of hydrogen-bond donors (Lipinski definition) is 1. The standard InChI is InChI=1S/C16H18FN/c1-2-13-6-8-14(9-7-13)11-18-12-15-4-3-5-16(17)10-15/h3-10,18H,2,11-12H2,1H3. The summed E-state index contributed by atoms with van der Waals surface area (Å²) in [5, 5.41) is 3.32. The van der Waals surface area contributed by atoms with Gasteiger partial charge in [-0.25, -0.2) is 4.39 Å². The third kappa shape index (κ3) is 3.67. The smallest absolute Gasteiger partial charge is 0.123 e. The summed E-state index contributed by atoms with van der Waals surface area (Å²) in [6, 6.07) is 15.3. The second-order valence-corrected chi connectivity index (χ2v) is 4.40. The van der Waals surface area contributed by atoms with Crippen molar-refractivity contribution in [3.8, 4) is 0 Å². The molecule has 0 amide bonds. The number of halogens is 1. The summed E-state index contributed by atoms with van der Waals surface area (Å²) in [4.78, 5) is 0. The summed E-state index contributed by atoms with van der Waals surface area (Å²) in [6.07, 6.45) is 1.07. The lowest BCUT2D eigenvalue weighted by Crippen LogP contribution is -2.12. The van der Waals surface area contributed by atoms with Crippen LogP contribution in [-0.4, -0.2) is 0 Å². The van der Waals surface area contributed by atoms with Gasteiger partial charge < -0.3 is 5.32 Å². The molecule has 0 saturated carbocycles. The van der Waals surface area contributed by atoms with Gasteiger partial charge in [0, 0.05) is 13.1 Å². The highest BCUT2D eigenvalue weighted by Gasteiger charge is 1.96. The second-order valence-electron chi connectivity index (χ2n) is 4.40. The molecule has 1 nitrogen and oxygen atoms in total. The van der Waals surface area contributed by atoms with Crippen LogP contribution in [-0.2, 0) is 19.5 Å². The van der Waals surface area contributed by atoms with E-state index in [9.17, 15) is 4.39 Å². The topological polar surface area (TPSA) is 12.0 Å². The van der Waals surface area contributed by atoms with Crippen molar-refractivity contribution in [1.82, 2.24) is 5.32 Å². The van der Waals surface area contributed by atoms with E-state index in [0.717, 1.165) is 18.5 Å². The summed E-state index contributed by atoms with van der Waals surface area (Å²) in [7, 11) is 0. The largest absolute Gasteiger partial charge is 0.309 e. The molecule has 0 unspecified atom stereocenters. The van der Waals surface area contributed by atoms with Gasteiger partial charge in [-0.05, 0) is 35.2 Å². The van der Waals surface area contributed by atoms with Crippen molar-refractivity contribution in [1.29, 1.82) is 0 Å². The fourth-order valence-electron chi connectivity index (χ4n) is 1.89. The molecule has 0 saturated heterocycles. The number of benzene rings is 2. The highest BCUT2D eigenvalue weighted by Crippen LogP contribution is 2.06. The van der Waals surface area contributed by atoms with E-state index in [1.165, 1.54) is 17.2 Å². The Morgan fingerprint density at radius 3 is 2.22 bits per heavy atom. The van der Waals surface area contributed by atoms with Crippen molar-refractivity contribution in [2.24, 2.45) is 0 Å². The molecule has 18 heavy (non-hydrogen) atoms. The molecule has 1 N–H and O–H groups in total. The Hall–Kier alpha value is -1.67. The van der Waals surface area contributed by atoms with Crippen molar-refractivity contribution >= 4 is 0 Å². The molecular formula is C16H18FN. The Morgan fingerprint density at radius 1 is 0.889 bits per heavy atom. The van der Waals surface area contributed by atoms with Crippen molar-refractivity contribution in [2.75, 3.05) is 0 Å². The quantitative estimate of drug-likeness (QED) is 0.844. The predicted octanol–water partition coefficient (Wildman–Crippen LogP) is 3.68. The monoisotopic (exact) mass is 243 g/mol. The van der Waals surface area contributed by atoms with Gasteiger partial charge >= 0.3 is 0 Å². The first-order valence-corrected chi connectivity index (χ1v) is 6.31. The Morgan fingerprint density at radius 2 is 1.56 bits per heavy atom. The van der Waals surface area contributed by atoms with Crippen LogP contribution in [0, 0.1) is 5.82 Å². The fourth-order valence-corrected chi connectivity index (χ4v) is 1.89. The zero-order chi connectivity index (χ0) is 12.8. The van der Waals surface area contributed by atoms with Crippen LogP contribution in [0.2, 0.25) is 0 Å². The maximum atomic E-state index is 13.0. The van der Waals surface area contributed by atoms with Gasteiger partial charge in [-0.2, -0.15) is 0 Å². The molecule has 0 aliphatic rings. The first-order chi connectivity index (χ1) is 8.78. The molecule has 0 aliphatic heterocycles. The minimum absolute atomic E-state index is 0.179. The highest BCUT2D eigenvalue weighted by molar-refractivity contribution is 5.22. The molecule has 0 fully saturated rings. The van der Waals surface area contributed by atoms with Crippen LogP contribution < -0.4 is 5.32 Å². The number of rotatable bonds is 5. The molecule has 2 rings (SSSR count). The van der Waals surface area contributed by atoms with Gasteiger partial charge in [-0.3, -0.25) is 0 Å². The summed E-state index contributed by atoms with van der Waals surface area (Å²) < 4.78 is 13.0. The van der Waals surface area contributed by atoms with Crippen LogP contribution in [0.1, 0.15) is 23.6 Å². The van der Waals surface area contributed by atoms with Gasteiger partial charge in [0.2, 0.25) is 0 Å². The van der Waals surface area contributed by atoms with Gasteiger partial charge in [-0.1, -0.05) is 43.3 Å². The molecule has 0 radical (unpaired) electrons. The summed E-state index contributed by atoms with van der Waals surface area (Å²) in [5.74, 6) is -0.179. The zero-order valence-electron chi connectivity index (χ0n) is 10.6. The second kappa shape index (κ2) is 6.31. The van der Waals surface area contributed by atoms with E-state index in [1.54, 1.807) is 12.1 Å². The van der Waals surface area contributed by atoms with Crippen molar-refractivity contribution < 1.29 is 4.39 Å². The molecule has 2 aromatic carbocycles. The third-order valence-electron chi connectivity index (χ3n) is 2.98. The molecular weight excluding hydrogens is 225 g/mol. The first kappa shape index (κ1) is 12.8. The Labute approximate surface area is 108 Å². The molecule has 2 heteroatoms. The van der Waals surface area contributed by atoms with Crippen molar-refractivity contribution in [3.05, 3.63) is 71.0 Å². The summed E-state index contributed by atoms with van der Waals surface area (Å²) >= 11 is 0. The average molecular weight is 243 g/mol. The summed E-state index contributed by atoms with van der Waals surface area (Å²) in [6.45, 7) is 3.64. The SMILES string of the molecule is CCc1ccc(CNCc2cccc(F)c2)cc1. The molecule has 0 bridgehead atoms. The maximum absolute atomic E-state index is 13.0. The summed E-state index contributed by atoms with van der Waals surface area (Å²) in [5.41, 5.74) is 3.58. The lowest BCUT2D eigenvalue weighted by molar-refractivity contribution is 0.620. The van der Waals surface area contributed by atoms with Crippen molar-refractivity contribution in [3.63, 3.8) is 0 Å². The normalized spacial score (nSPS) is 10.6. The maximum Gasteiger partial charge on any atom is 0.123 e. The fraction of sp³-hybridized carbons (Fsp3) is 0.250. The Kier molecular flexibility index (Phi) is 4.48. The van der Waals surface area contributed by atoms with Crippen LogP contribution in [0.5, 0.6) is 0 Å². The van der Waals surface area contributed by atoms with E-state index < -0.39 is 0 Å². The molecule has 0 aromatic heterocycles. The lowest BCUT2D eigenvalue weighted by atomic mass is 10.1. The van der Waals surface area contributed by atoms with E-state index in [-0.39, 0.29) is 5.82 Å². The van der Waals surface area contributed by atoms with Gasteiger partial charge in [0.25, 0.3) is 0 Å². The minimum Gasteiger partial charge on any atom is -0.309 e. The molecule has 0 aliphatic carbocycles. The van der Waals surface area contributed by atoms with E-state index in [1.807, 2.05) is 6.07 Å². The van der Waals surface area contributed by atoms with Crippen LogP contribution in [0.4, 0.5) is 4.39 Å². The zero-order valence-corrected chi connectivity index (χ0v) is 10.6. The number of hydrogen-bond acceptors (Lipinski definition) is 1. The van der Waals surface area contributed by atoms with Gasteiger partial charge in [0.05, 0.1) is 0 Å². The van der Waals surface area contributed by atoms with Crippen LogP contribution in [0.25, 0.3) is 0 Å². The number of nitrogens with one attached hydrogen (secondary N) is 1. The van der Waals surface area contributed by atoms with Gasteiger partial charge in [0.1, 0.15) is 5.82 Å². The minimum atomic E-state index is -0.179. The number of aryl methyl sites for hydroxylation is 1. The van der Waals surface area contributed by atoms with Crippen LogP contribution in [0.3, 0.4) is 0 Å².